The number of aldehydes is 1. The van der Waals surface area contributed by atoms with Crippen molar-refractivity contribution in [2.45, 2.75) is 44.9 Å². The smallest absolute Gasteiger partial charge is 0.192 e. The number of ketones is 1. The molecule has 4 saturated carbocycles. The van der Waals surface area contributed by atoms with Crippen molar-refractivity contribution in [3.05, 3.63) is 83.4 Å². The van der Waals surface area contributed by atoms with E-state index >= 15 is 0 Å². The zero-order chi connectivity index (χ0) is 24.8. The molecule has 36 heavy (non-hydrogen) atoms. The van der Waals surface area contributed by atoms with Gasteiger partial charge in [-0.25, -0.2) is 0 Å². The molecule has 0 spiro atoms. The van der Waals surface area contributed by atoms with Gasteiger partial charge in [0, 0.05) is 18.2 Å². The summed E-state index contributed by atoms with van der Waals surface area (Å²) in [5, 5.41) is 0. The summed E-state index contributed by atoms with van der Waals surface area (Å²) in [4.78, 5) is 27.0. The van der Waals surface area contributed by atoms with Gasteiger partial charge in [-0.1, -0.05) is 48.5 Å². The summed E-state index contributed by atoms with van der Waals surface area (Å²) < 4.78 is 10.6. The van der Waals surface area contributed by atoms with Gasteiger partial charge in [-0.2, -0.15) is 0 Å². The third-order valence-electron chi connectivity index (χ3n) is 9.33. The van der Waals surface area contributed by atoms with Crippen LogP contribution in [0.5, 0.6) is 5.75 Å². The van der Waals surface area contributed by atoms with Gasteiger partial charge in [-0.15, -0.1) is 0 Å². The quantitative estimate of drug-likeness (QED) is 0.240. The van der Waals surface area contributed by atoms with Crippen molar-refractivity contribution >= 4 is 17.6 Å². The predicted molar refractivity (Wildman–Crippen MR) is 139 cm³/mol. The van der Waals surface area contributed by atoms with Crippen LogP contribution in [0.2, 0.25) is 0 Å². The molecule has 0 N–H and O–H groups in total. The van der Waals surface area contributed by atoms with Gasteiger partial charge < -0.3 is 14.3 Å². The van der Waals surface area contributed by atoms with Crippen LogP contribution in [0.4, 0.5) is 0 Å². The van der Waals surface area contributed by atoms with E-state index in [0.717, 1.165) is 53.9 Å². The fraction of sp³-hybridized carbons (Fsp3) is 0.438. The molecule has 0 amide bonds. The molecule has 4 bridgehead atoms. The summed E-state index contributed by atoms with van der Waals surface area (Å²) in [6.45, 7) is 0.195. The first kappa shape index (κ1) is 23.4. The Morgan fingerprint density at radius 3 is 2.17 bits per heavy atom. The van der Waals surface area contributed by atoms with Crippen LogP contribution in [0, 0.1) is 28.6 Å². The number of ether oxygens (including phenoxy) is 2. The second kappa shape index (κ2) is 9.15. The zero-order valence-electron chi connectivity index (χ0n) is 21.0. The van der Waals surface area contributed by atoms with Crippen LogP contribution in [0.15, 0.2) is 72.3 Å². The average molecular weight is 483 g/mol. The van der Waals surface area contributed by atoms with Crippen molar-refractivity contribution in [1.29, 1.82) is 0 Å². The van der Waals surface area contributed by atoms with E-state index in [1.165, 1.54) is 25.5 Å². The topological polar surface area (TPSA) is 52.6 Å². The molecule has 2 aromatic rings. The van der Waals surface area contributed by atoms with Crippen molar-refractivity contribution in [2.75, 3.05) is 13.9 Å². The first-order valence-electron chi connectivity index (χ1n) is 13.2. The lowest BCUT2D eigenvalue weighted by Crippen LogP contribution is -2.55. The van der Waals surface area contributed by atoms with Crippen LogP contribution in [-0.4, -0.2) is 26.0 Å². The van der Waals surface area contributed by atoms with E-state index in [4.69, 9.17) is 9.47 Å². The number of Topliss-reactive ketones (excluding diaryl/α,β-unsaturated/α-hetero) is 1. The highest BCUT2D eigenvalue weighted by Gasteiger charge is 2.60. The van der Waals surface area contributed by atoms with E-state index in [9.17, 15) is 9.59 Å². The molecule has 0 radical (unpaired) electrons. The van der Waals surface area contributed by atoms with Crippen molar-refractivity contribution in [1.82, 2.24) is 0 Å². The Bertz CT molecular complexity index is 1170. The molecule has 5 aliphatic rings. The highest BCUT2D eigenvalue weighted by atomic mass is 16.7. The molecule has 1 atom stereocenters. The van der Waals surface area contributed by atoms with E-state index in [1.807, 2.05) is 60.7 Å². The van der Waals surface area contributed by atoms with Crippen LogP contribution in [-0.2, 0) is 9.53 Å². The molecule has 2 aromatic carbocycles. The minimum absolute atomic E-state index is 0.0104. The number of carbonyl (C=O) groups is 2. The molecule has 7 rings (SSSR count). The lowest BCUT2D eigenvalue weighted by Gasteiger charge is -2.62. The molecule has 186 valence electrons. The number of hydrogen-bond acceptors (Lipinski definition) is 4. The fourth-order valence-corrected chi connectivity index (χ4v) is 8.11. The highest BCUT2D eigenvalue weighted by molar-refractivity contribution is 6.12. The summed E-state index contributed by atoms with van der Waals surface area (Å²) in [5.41, 5.74) is 2.69. The Morgan fingerprint density at radius 2 is 1.58 bits per heavy atom. The maximum Gasteiger partial charge on any atom is 0.192 e. The standard InChI is InChI=1S/C32H34O4/c1-35-21-36-29-9-7-25(8-10-29)27-14-28(30(34)26-5-3-2-4-6-26)19-32(18-27,20-33)31-15-22-11-23(16-31)13-24(12-22)17-31/h2-10,14,19-20,22-24H,11-13,15-18,21H2,1H3. The molecule has 5 aliphatic carbocycles. The Kier molecular flexibility index (Phi) is 5.95. The largest absolute Gasteiger partial charge is 0.468 e. The van der Waals surface area contributed by atoms with Gasteiger partial charge in [0.2, 0.25) is 0 Å². The minimum atomic E-state index is -0.655. The summed E-state index contributed by atoms with van der Waals surface area (Å²) in [5.74, 6) is 2.89. The van der Waals surface area contributed by atoms with Gasteiger partial charge >= 0.3 is 0 Å². The molecular weight excluding hydrogens is 448 g/mol. The number of allylic oxidation sites excluding steroid dienone is 4. The van der Waals surface area contributed by atoms with Crippen LogP contribution >= 0.6 is 0 Å². The molecular formula is C32H34O4. The van der Waals surface area contributed by atoms with E-state index < -0.39 is 5.41 Å². The molecule has 0 heterocycles. The number of methoxy groups -OCH3 is 1. The summed E-state index contributed by atoms with van der Waals surface area (Å²) in [6, 6.07) is 17.4. The lowest BCUT2D eigenvalue weighted by atomic mass is 9.41. The van der Waals surface area contributed by atoms with Gasteiger partial charge in [-0.05, 0) is 97.5 Å². The number of rotatable bonds is 8. The van der Waals surface area contributed by atoms with E-state index in [1.54, 1.807) is 7.11 Å². The third-order valence-corrected chi connectivity index (χ3v) is 9.33. The van der Waals surface area contributed by atoms with Crippen LogP contribution in [0.25, 0.3) is 5.57 Å². The zero-order valence-corrected chi connectivity index (χ0v) is 21.0. The maximum atomic E-state index is 13.7. The van der Waals surface area contributed by atoms with Crippen LogP contribution in [0.3, 0.4) is 0 Å². The number of benzene rings is 2. The summed E-state index contributed by atoms with van der Waals surface area (Å²) in [6.07, 6.45) is 13.2. The molecule has 0 aliphatic heterocycles. The van der Waals surface area contributed by atoms with Crippen molar-refractivity contribution in [2.24, 2.45) is 28.6 Å². The molecule has 4 heteroatoms. The Balaban J connectivity index is 1.42. The molecule has 4 fully saturated rings. The number of carbonyl (C=O) groups excluding carboxylic acids is 2. The van der Waals surface area contributed by atoms with E-state index in [-0.39, 0.29) is 18.0 Å². The normalized spacial score (nSPS) is 32.5. The lowest BCUT2D eigenvalue weighted by molar-refractivity contribution is -0.139. The van der Waals surface area contributed by atoms with Gasteiger partial charge in [0.25, 0.3) is 0 Å². The fourth-order valence-electron chi connectivity index (χ4n) is 8.11. The average Bonchev–Trinajstić information content (AvgIpc) is 2.91. The molecule has 1 unspecified atom stereocenters. The first-order valence-corrected chi connectivity index (χ1v) is 13.2. The van der Waals surface area contributed by atoms with E-state index in [0.29, 0.717) is 17.6 Å². The summed E-state index contributed by atoms with van der Waals surface area (Å²) in [7, 11) is 1.60. The van der Waals surface area contributed by atoms with Crippen LogP contribution < -0.4 is 4.74 Å². The second-order valence-electron chi connectivity index (χ2n) is 11.6. The van der Waals surface area contributed by atoms with Gasteiger partial charge in [0.05, 0.1) is 5.41 Å². The Labute approximate surface area is 213 Å². The molecule has 4 nitrogen and oxygen atoms in total. The molecule has 0 aromatic heterocycles. The van der Waals surface area contributed by atoms with Crippen molar-refractivity contribution in [3.63, 3.8) is 0 Å². The maximum absolute atomic E-state index is 13.7. The SMILES string of the molecule is COCOc1ccc(C2=CC(C(=O)c3ccccc3)=CC(C=O)(C34CC5CC(CC(C5)C3)C4)C2)cc1. The predicted octanol–water partition coefficient (Wildman–Crippen LogP) is 6.67. The van der Waals surface area contributed by atoms with Crippen molar-refractivity contribution in [3.8, 4) is 5.75 Å². The van der Waals surface area contributed by atoms with Gasteiger partial charge in [-0.3, -0.25) is 4.79 Å². The second-order valence-corrected chi connectivity index (χ2v) is 11.6. The Hall–Kier alpha value is -2.98. The van der Waals surface area contributed by atoms with Crippen molar-refractivity contribution < 1.29 is 19.1 Å². The Morgan fingerprint density at radius 1 is 0.944 bits per heavy atom. The monoisotopic (exact) mass is 482 g/mol. The first-order chi connectivity index (χ1) is 17.5. The van der Waals surface area contributed by atoms with Gasteiger partial charge in [0.1, 0.15) is 12.0 Å². The molecule has 0 saturated heterocycles. The number of hydrogen-bond donors (Lipinski definition) is 0. The third kappa shape index (κ3) is 3.96. The van der Waals surface area contributed by atoms with E-state index in [2.05, 4.69) is 6.08 Å². The highest BCUT2D eigenvalue weighted by Crippen LogP contribution is 2.68. The minimum Gasteiger partial charge on any atom is -0.468 e. The van der Waals surface area contributed by atoms with Crippen LogP contribution in [0.1, 0.15) is 60.9 Å². The summed E-state index contributed by atoms with van der Waals surface area (Å²) >= 11 is 0. The van der Waals surface area contributed by atoms with Gasteiger partial charge in [0.15, 0.2) is 12.6 Å².